The molecule has 11 heteroatoms. The molecule has 1 saturated heterocycles. The number of nitrogens with two attached hydrogens (primary N) is 1. The summed E-state index contributed by atoms with van der Waals surface area (Å²) in [6.45, 7) is 3.19. The molecule has 1 aromatic carbocycles. The van der Waals surface area contributed by atoms with E-state index in [2.05, 4.69) is 14.9 Å². The third kappa shape index (κ3) is 4.66. The fourth-order valence-corrected chi connectivity index (χ4v) is 3.06. The van der Waals surface area contributed by atoms with E-state index >= 15 is 0 Å². The lowest BCUT2D eigenvalue weighted by Crippen LogP contribution is -2.31. The molecule has 0 aliphatic carbocycles. The number of benzene rings is 1. The highest BCUT2D eigenvalue weighted by atomic mass is 19.4. The van der Waals surface area contributed by atoms with E-state index in [0.717, 1.165) is 36.9 Å². The molecule has 8 nitrogen and oxygen atoms in total. The lowest BCUT2D eigenvalue weighted by atomic mass is 10.1. The molecule has 0 bridgehead atoms. The largest absolute Gasteiger partial charge is 0.416 e. The molecule has 28 heavy (non-hydrogen) atoms. The number of nitrogens with zero attached hydrogens (tertiary/aromatic N) is 5. The van der Waals surface area contributed by atoms with E-state index in [0.29, 0.717) is 32.1 Å². The molecule has 0 atom stereocenters. The number of aromatic nitrogens is 2. The number of hydrogen-bond acceptors (Lipinski definition) is 7. The molecular weight excluding hydrogens is 377 g/mol. The van der Waals surface area contributed by atoms with Crippen molar-refractivity contribution in [3.8, 4) is 0 Å². The van der Waals surface area contributed by atoms with E-state index in [4.69, 9.17) is 5.73 Å². The first-order chi connectivity index (χ1) is 13.2. The standard InChI is InChI=1S/C17H19F3N6O2/c18-17(19,20)13-4-2-12(3-5-13)11-24-6-1-7-25(9-8-24)16-22-10-14(26(27)28)15(21)23-16/h2-5,10H,1,6-9,11H2,(H2,21,22,23). The van der Waals surface area contributed by atoms with Crippen LogP contribution in [0.1, 0.15) is 17.5 Å². The summed E-state index contributed by atoms with van der Waals surface area (Å²) < 4.78 is 38.0. The zero-order valence-electron chi connectivity index (χ0n) is 14.9. The van der Waals surface area contributed by atoms with Crippen molar-refractivity contribution >= 4 is 17.5 Å². The average Bonchev–Trinajstić information content (AvgIpc) is 2.86. The Balaban J connectivity index is 1.62. The van der Waals surface area contributed by atoms with Crippen molar-refractivity contribution in [3.63, 3.8) is 0 Å². The summed E-state index contributed by atoms with van der Waals surface area (Å²) in [6.07, 6.45) is -2.45. The van der Waals surface area contributed by atoms with Gasteiger partial charge in [0.15, 0.2) is 0 Å². The zero-order valence-corrected chi connectivity index (χ0v) is 14.9. The van der Waals surface area contributed by atoms with Gasteiger partial charge in [-0.05, 0) is 24.1 Å². The molecule has 0 saturated carbocycles. The Labute approximate surface area is 158 Å². The molecule has 2 aromatic rings. The van der Waals surface area contributed by atoms with Crippen LogP contribution in [0.5, 0.6) is 0 Å². The van der Waals surface area contributed by atoms with Gasteiger partial charge in [-0.25, -0.2) is 4.98 Å². The minimum atomic E-state index is -4.34. The summed E-state index contributed by atoms with van der Waals surface area (Å²) in [5.74, 6) is 0.153. The fraction of sp³-hybridized carbons (Fsp3) is 0.412. The Hall–Kier alpha value is -2.95. The van der Waals surface area contributed by atoms with Gasteiger partial charge in [0.05, 0.1) is 10.5 Å². The Morgan fingerprint density at radius 2 is 1.86 bits per heavy atom. The highest BCUT2D eigenvalue weighted by molar-refractivity contribution is 5.53. The van der Waals surface area contributed by atoms with Gasteiger partial charge in [0.25, 0.3) is 0 Å². The molecule has 0 radical (unpaired) electrons. The van der Waals surface area contributed by atoms with E-state index in [-0.39, 0.29) is 11.5 Å². The average molecular weight is 396 g/mol. The SMILES string of the molecule is Nc1nc(N2CCCN(Cc3ccc(C(F)(F)F)cc3)CC2)ncc1[N+](=O)[O-]. The van der Waals surface area contributed by atoms with Crippen LogP contribution in [0.25, 0.3) is 0 Å². The van der Waals surface area contributed by atoms with Gasteiger partial charge in [-0.15, -0.1) is 0 Å². The van der Waals surface area contributed by atoms with Crippen LogP contribution in [0, 0.1) is 10.1 Å². The smallest absolute Gasteiger partial charge is 0.378 e. The second kappa shape index (κ2) is 7.97. The van der Waals surface area contributed by atoms with Crippen molar-refractivity contribution in [2.45, 2.75) is 19.1 Å². The van der Waals surface area contributed by atoms with Crippen molar-refractivity contribution in [1.29, 1.82) is 0 Å². The van der Waals surface area contributed by atoms with Crippen LogP contribution in [-0.4, -0.2) is 46.0 Å². The van der Waals surface area contributed by atoms with Crippen molar-refractivity contribution in [2.75, 3.05) is 36.8 Å². The van der Waals surface area contributed by atoms with Gasteiger partial charge in [-0.3, -0.25) is 15.0 Å². The summed E-state index contributed by atoms with van der Waals surface area (Å²) in [5.41, 5.74) is 5.44. The lowest BCUT2D eigenvalue weighted by molar-refractivity contribution is -0.384. The van der Waals surface area contributed by atoms with Crippen LogP contribution in [0.2, 0.25) is 0 Å². The molecule has 1 fully saturated rings. The van der Waals surface area contributed by atoms with Gasteiger partial charge in [-0.1, -0.05) is 12.1 Å². The van der Waals surface area contributed by atoms with E-state index in [1.807, 2.05) is 4.90 Å². The van der Waals surface area contributed by atoms with Crippen LogP contribution in [0.3, 0.4) is 0 Å². The van der Waals surface area contributed by atoms with Gasteiger partial charge in [0.1, 0.15) is 6.20 Å². The summed E-state index contributed by atoms with van der Waals surface area (Å²) in [6, 6.07) is 5.16. The minimum absolute atomic E-state index is 0.180. The highest BCUT2D eigenvalue weighted by Gasteiger charge is 2.30. The Bertz CT molecular complexity index is 844. The zero-order chi connectivity index (χ0) is 20.3. The summed E-state index contributed by atoms with van der Waals surface area (Å²) in [7, 11) is 0. The maximum absolute atomic E-state index is 12.7. The van der Waals surface area contributed by atoms with Gasteiger partial charge >= 0.3 is 11.9 Å². The number of rotatable bonds is 4. The second-order valence-corrected chi connectivity index (χ2v) is 6.51. The quantitative estimate of drug-likeness (QED) is 0.626. The first kappa shape index (κ1) is 19.8. The minimum Gasteiger partial charge on any atom is -0.378 e. The van der Waals surface area contributed by atoms with Crippen LogP contribution >= 0.6 is 0 Å². The number of nitro groups is 1. The number of anilines is 2. The van der Waals surface area contributed by atoms with E-state index in [1.165, 1.54) is 12.1 Å². The molecule has 2 heterocycles. The van der Waals surface area contributed by atoms with Crippen LogP contribution < -0.4 is 10.6 Å². The second-order valence-electron chi connectivity index (χ2n) is 6.51. The Kier molecular flexibility index (Phi) is 5.63. The first-order valence-electron chi connectivity index (χ1n) is 8.64. The number of alkyl halides is 3. The van der Waals surface area contributed by atoms with E-state index in [9.17, 15) is 23.3 Å². The van der Waals surface area contributed by atoms with E-state index < -0.39 is 16.7 Å². The number of halogens is 3. The Morgan fingerprint density at radius 3 is 2.46 bits per heavy atom. The highest BCUT2D eigenvalue weighted by Crippen LogP contribution is 2.29. The Morgan fingerprint density at radius 1 is 1.14 bits per heavy atom. The molecule has 1 aliphatic rings. The molecule has 1 aromatic heterocycles. The molecule has 150 valence electrons. The summed E-state index contributed by atoms with van der Waals surface area (Å²) in [5, 5.41) is 10.8. The monoisotopic (exact) mass is 396 g/mol. The van der Waals surface area contributed by atoms with Gasteiger partial charge in [0.2, 0.25) is 11.8 Å². The normalized spacial score (nSPS) is 16.0. The number of nitrogen functional groups attached to an aromatic ring is 1. The van der Waals surface area contributed by atoms with Gasteiger partial charge in [-0.2, -0.15) is 18.2 Å². The molecular formula is C17H19F3N6O2. The van der Waals surface area contributed by atoms with Crippen molar-refractivity contribution in [2.24, 2.45) is 0 Å². The van der Waals surface area contributed by atoms with Crippen LogP contribution in [0.15, 0.2) is 30.5 Å². The molecule has 3 rings (SSSR count). The maximum Gasteiger partial charge on any atom is 0.416 e. The van der Waals surface area contributed by atoms with Crippen LogP contribution in [-0.2, 0) is 12.7 Å². The predicted molar refractivity (Wildman–Crippen MR) is 96.6 cm³/mol. The molecule has 1 aliphatic heterocycles. The van der Waals surface area contributed by atoms with Gasteiger partial charge < -0.3 is 10.6 Å². The van der Waals surface area contributed by atoms with Crippen molar-refractivity contribution in [3.05, 3.63) is 51.7 Å². The van der Waals surface area contributed by atoms with Crippen molar-refractivity contribution in [1.82, 2.24) is 14.9 Å². The van der Waals surface area contributed by atoms with Gasteiger partial charge in [0, 0.05) is 32.7 Å². The lowest BCUT2D eigenvalue weighted by Gasteiger charge is -2.22. The predicted octanol–water partition coefficient (Wildman–Crippen LogP) is 2.70. The topological polar surface area (TPSA) is 101 Å². The molecule has 0 amide bonds. The number of hydrogen-bond donors (Lipinski definition) is 1. The molecule has 2 N–H and O–H groups in total. The van der Waals surface area contributed by atoms with Crippen LogP contribution in [0.4, 0.5) is 30.6 Å². The van der Waals surface area contributed by atoms with Crippen molar-refractivity contribution < 1.29 is 18.1 Å². The first-order valence-corrected chi connectivity index (χ1v) is 8.64. The summed E-state index contributed by atoms with van der Waals surface area (Å²) >= 11 is 0. The summed E-state index contributed by atoms with van der Waals surface area (Å²) in [4.78, 5) is 22.3. The molecule has 0 spiro atoms. The molecule has 0 unspecified atom stereocenters. The fourth-order valence-electron chi connectivity index (χ4n) is 3.06. The third-order valence-corrected chi connectivity index (χ3v) is 4.54. The van der Waals surface area contributed by atoms with E-state index in [1.54, 1.807) is 0 Å². The third-order valence-electron chi connectivity index (χ3n) is 4.54. The maximum atomic E-state index is 12.7.